The van der Waals surface area contributed by atoms with E-state index in [0.29, 0.717) is 0 Å². The number of rotatable bonds is 4. The monoisotopic (exact) mass is 317 g/mol. The largest absolute Gasteiger partial charge is 0.381 e. The molecule has 1 aromatic carbocycles. The van der Waals surface area contributed by atoms with Crippen LogP contribution in [0.1, 0.15) is 11.3 Å². The summed E-state index contributed by atoms with van der Waals surface area (Å²) < 4.78 is 3.93. The summed E-state index contributed by atoms with van der Waals surface area (Å²) in [6.07, 6.45) is 5.97. The number of hydrogen-bond acceptors (Lipinski definition) is 3. The second-order valence-electron chi connectivity index (χ2n) is 5.90. The van der Waals surface area contributed by atoms with Gasteiger partial charge in [-0.3, -0.25) is 4.68 Å². The molecule has 4 rings (SSSR count). The molecule has 0 spiro atoms. The molecular formula is C19H19N5. The van der Waals surface area contributed by atoms with Gasteiger partial charge in [0.1, 0.15) is 5.65 Å². The fraction of sp³-hybridized carbons (Fsp3) is 0.158. The lowest BCUT2D eigenvalue weighted by atomic mass is 10.1. The van der Waals surface area contributed by atoms with E-state index < -0.39 is 0 Å². The van der Waals surface area contributed by atoms with Crippen molar-refractivity contribution >= 4 is 11.3 Å². The van der Waals surface area contributed by atoms with E-state index in [0.717, 1.165) is 29.1 Å². The summed E-state index contributed by atoms with van der Waals surface area (Å²) in [4.78, 5) is 4.65. The molecule has 0 aliphatic carbocycles. The SMILES string of the molecule is Cc1c(CNc2ccc(-c3cn4ccccc4n3)cc2)cnn1C. The van der Waals surface area contributed by atoms with Crippen molar-refractivity contribution in [3.8, 4) is 11.3 Å². The molecule has 120 valence electrons. The summed E-state index contributed by atoms with van der Waals surface area (Å²) in [5.74, 6) is 0. The minimum absolute atomic E-state index is 0.771. The maximum Gasteiger partial charge on any atom is 0.137 e. The molecule has 0 aliphatic rings. The molecule has 0 aliphatic heterocycles. The number of nitrogens with zero attached hydrogens (tertiary/aromatic N) is 4. The third kappa shape index (κ3) is 2.65. The molecule has 5 nitrogen and oxygen atoms in total. The molecule has 0 atom stereocenters. The molecular weight excluding hydrogens is 298 g/mol. The Kier molecular flexibility index (Phi) is 3.54. The second-order valence-corrected chi connectivity index (χ2v) is 5.90. The number of aryl methyl sites for hydroxylation is 1. The smallest absolute Gasteiger partial charge is 0.137 e. The number of nitrogens with one attached hydrogen (secondary N) is 1. The highest BCUT2D eigenvalue weighted by Crippen LogP contribution is 2.21. The van der Waals surface area contributed by atoms with E-state index in [9.17, 15) is 0 Å². The molecule has 3 heterocycles. The molecule has 5 heteroatoms. The first kappa shape index (κ1) is 14.5. The minimum Gasteiger partial charge on any atom is -0.381 e. The molecule has 0 amide bonds. The van der Waals surface area contributed by atoms with Crippen LogP contribution in [-0.2, 0) is 13.6 Å². The quantitative estimate of drug-likeness (QED) is 0.625. The van der Waals surface area contributed by atoms with Crippen LogP contribution in [0.4, 0.5) is 5.69 Å². The Bertz CT molecular complexity index is 946. The van der Waals surface area contributed by atoms with Crippen molar-refractivity contribution in [3.63, 3.8) is 0 Å². The van der Waals surface area contributed by atoms with Crippen LogP contribution in [0.3, 0.4) is 0 Å². The van der Waals surface area contributed by atoms with Crippen LogP contribution < -0.4 is 5.32 Å². The predicted octanol–water partition coefficient (Wildman–Crippen LogP) is 3.66. The number of aromatic nitrogens is 4. The van der Waals surface area contributed by atoms with Crippen LogP contribution in [-0.4, -0.2) is 19.2 Å². The van der Waals surface area contributed by atoms with E-state index in [1.165, 1.54) is 11.3 Å². The fourth-order valence-corrected chi connectivity index (χ4v) is 2.75. The predicted molar refractivity (Wildman–Crippen MR) is 95.9 cm³/mol. The van der Waals surface area contributed by atoms with Crippen molar-refractivity contribution in [2.75, 3.05) is 5.32 Å². The number of hydrogen-bond donors (Lipinski definition) is 1. The van der Waals surface area contributed by atoms with E-state index in [2.05, 4.69) is 52.8 Å². The number of imidazole rings is 1. The van der Waals surface area contributed by atoms with Crippen LogP contribution in [0, 0.1) is 6.92 Å². The number of pyridine rings is 1. The summed E-state index contributed by atoms with van der Waals surface area (Å²) in [7, 11) is 1.96. The van der Waals surface area contributed by atoms with Gasteiger partial charge in [0, 0.05) is 48.5 Å². The zero-order valence-electron chi connectivity index (χ0n) is 13.8. The number of benzene rings is 1. The molecule has 0 fully saturated rings. The molecule has 4 aromatic rings. The molecule has 3 aromatic heterocycles. The summed E-state index contributed by atoms with van der Waals surface area (Å²) in [5, 5.41) is 7.71. The van der Waals surface area contributed by atoms with Crippen LogP contribution in [0.2, 0.25) is 0 Å². The van der Waals surface area contributed by atoms with Crippen molar-refractivity contribution in [2.24, 2.45) is 7.05 Å². The van der Waals surface area contributed by atoms with Crippen molar-refractivity contribution in [1.29, 1.82) is 0 Å². The van der Waals surface area contributed by atoms with E-state index in [4.69, 9.17) is 0 Å². The molecule has 24 heavy (non-hydrogen) atoms. The lowest BCUT2D eigenvalue weighted by Crippen LogP contribution is -2.01. The number of anilines is 1. The van der Waals surface area contributed by atoms with Crippen LogP contribution in [0.15, 0.2) is 61.1 Å². The third-order valence-corrected chi connectivity index (χ3v) is 4.36. The first-order valence-electron chi connectivity index (χ1n) is 7.96. The second kappa shape index (κ2) is 5.85. The van der Waals surface area contributed by atoms with E-state index in [1.807, 2.05) is 46.7 Å². The highest BCUT2D eigenvalue weighted by molar-refractivity contribution is 5.65. The standard InChI is InChI=1S/C19H19N5/c1-14-16(12-21-23(14)2)11-20-17-8-6-15(7-9-17)18-13-24-10-4-3-5-19(24)22-18/h3-10,12-13,20H,11H2,1-2H3. The van der Waals surface area contributed by atoms with Crippen LogP contribution >= 0.6 is 0 Å². The Morgan fingerprint density at radius 3 is 2.62 bits per heavy atom. The topological polar surface area (TPSA) is 47.1 Å². The summed E-state index contributed by atoms with van der Waals surface area (Å²) >= 11 is 0. The summed E-state index contributed by atoms with van der Waals surface area (Å²) in [6.45, 7) is 2.85. The van der Waals surface area contributed by atoms with Gasteiger partial charge in [0.15, 0.2) is 0 Å². The van der Waals surface area contributed by atoms with Gasteiger partial charge in [0.25, 0.3) is 0 Å². The number of fused-ring (bicyclic) bond motifs is 1. The van der Waals surface area contributed by atoms with Crippen molar-refractivity contribution < 1.29 is 0 Å². The van der Waals surface area contributed by atoms with Gasteiger partial charge in [-0.2, -0.15) is 5.10 Å². The highest BCUT2D eigenvalue weighted by atomic mass is 15.3. The Morgan fingerprint density at radius 2 is 1.92 bits per heavy atom. The van der Waals surface area contributed by atoms with Gasteiger partial charge in [-0.25, -0.2) is 4.98 Å². The Morgan fingerprint density at radius 1 is 1.08 bits per heavy atom. The average Bonchev–Trinajstić information content (AvgIpc) is 3.18. The van der Waals surface area contributed by atoms with Crippen molar-refractivity contribution in [1.82, 2.24) is 19.2 Å². The molecule has 0 radical (unpaired) electrons. The maximum absolute atomic E-state index is 4.65. The Balaban J connectivity index is 1.51. The van der Waals surface area contributed by atoms with Crippen LogP contribution in [0.25, 0.3) is 16.9 Å². The summed E-state index contributed by atoms with van der Waals surface area (Å²) in [5.41, 5.74) is 6.54. The van der Waals surface area contributed by atoms with Crippen molar-refractivity contribution in [3.05, 3.63) is 72.3 Å². The minimum atomic E-state index is 0.771. The first-order valence-corrected chi connectivity index (χ1v) is 7.96. The van der Waals surface area contributed by atoms with E-state index >= 15 is 0 Å². The van der Waals surface area contributed by atoms with Gasteiger partial charge >= 0.3 is 0 Å². The van der Waals surface area contributed by atoms with Crippen molar-refractivity contribution in [2.45, 2.75) is 13.5 Å². The average molecular weight is 317 g/mol. The zero-order chi connectivity index (χ0) is 16.5. The highest BCUT2D eigenvalue weighted by Gasteiger charge is 2.05. The van der Waals surface area contributed by atoms with Gasteiger partial charge in [-0.1, -0.05) is 18.2 Å². The molecule has 0 saturated heterocycles. The Labute approximate surface area is 140 Å². The molecule has 0 bridgehead atoms. The van der Waals surface area contributed by atoms with Gasteiger partial charge in [-0.15, -0.1) is 0 Å². The third-order valence-electron chi connectivity index (χ3n) is 4.36. The fourth-order valence-electron chi connectivity index (χ4n) is 2.75. The normalized spacial score (nSPS) is 11.1. The van der Waals surface area contributed by atoms with Gasteiger partial charge in [0.05, 0.1) is 11.9 Å². The van der Waals surface area contributed by atoms with Gasteiger partial charge in [0.2, 0.25) is 0 Å². The molecule has 0 unspecified atom stereocenters. The summed E-state index contributed by atoms with van der Waals surface area (Å²) in [6, 6.07) is 14.4. The lowest BCUT2D eigenvalue weighted by molar-refractivity contribution is 0.738. The van der Waals surface area contributed by atoms with Gasteiger partial charge < -0.3 is 9.72 Å². The zero-order valence-corrected chi connectivity index (χ0v) is 13.8. The molecule has 1 N–H and O–H groups in total. The van der Waals surface area contributed by atoms with Crippen LogP contribution in [0.5, 0.6) is 0 Å². The Hall–Kier alpha value is -3.08. The van der Waals surface area contributed by atoms with E-state index in [1.54, 1.807) is 0 Å². The first-order chi connectivity index (χ1) is 11.7. The van der Waals surface area contributed by atoms with Gasteiger partial charge in [-0.05, 0) is 31.2 Å². The molecule has 0 saturated carbocycles. The maximum atomic E-state index is 4.65. The lowest BCUT2D eigenvalue weighted by Gasteiger charge is -2.07. The van der Waals surface area contributed by atoms with E-state index in [-0.39, 0.29) is 0 Å².